The van der Waals surface area contributed by atoms with Gasteiger partial charge in [0.1, 0.15) is 11.5 Å². The smallest absolute Gasteiger partial charge is 0.119 e. The molecule has 0 heterocycles. The van der Waals surface area contributed by atoms with Gasteiger partial charge in [-0.25, -0.2) is 0 Å². The van der Waals surface area contributed by atoms with E-state index in [0.717, 1.165) is 30.4 Å². The highest BCUT2D eigenvalue weighted by atomic mass is 16.3. The van der Waals surface area contributed by atoms with E-state index in [0.29, 0.717) is 17.4 Å². The topological polar surface area (TPSA) is 40.5 Å². The Bertz CT molecular complexity index is 890. The molecule has 0 radical (unpaired) electrons. The third kappa shape index (κ3) is 4.36. The molecule has 0 aromatic heterocycles. The summed E-state index contributed by atoms with van der Waals surface area (Å²) in [5, 5.41) is 21.2. The van der Waals surface area contributed by atoms with Crippen LogP contribution < -0.4 is 0 Å². The van der Waals surface area contributed by atoms with Gasteiger partial charge < -0.3 is 10.2 Å². The molecule has 31 heavy (non-hydrogen) atoms. The highest BCUT2D eigenvalue weighted by molar-refractivity contribution is 5.51. The molecule has 1 saturated carbocycles. The Morgan fingerprint density at radius 3 is 1.55 bits per heavy atom. The van der Waals surface area contributed by atoms with Gasteiger partial charge in [0.05, 0.1) is 0 Å². The van der Waals surface area contributed by atoms with Crippen LogP contribution in [0, 0.1) is 11.3 Å². The van der Waals surface area contributed by atoms with E-state index in [9.17, 15) is 10.2 Å². The van der Waals surface area contributed by atoms with Gasteiger partial charge in [0.15, 0.2) is 0 Å². The summed E-state index contributed by atoms with van der Waals surface area (Å²) in [5.41, 5.74) is 4.33. The van der Waals surface area contributed by atoms with Gasteiger partial charge in [0.25, 0.3) is 0 Å². The second kappa shape index (κ2) is 7.57. The predicted octanol–water partition coefficient (Wildman–Crippen LogP) is 7.83. The second-order valence-electron chi connectivity index (χ2n) is 12.7. The normalized spacial score (nSPS) is 21.1. The minimum Gasteiger partial charge on any atom is -0.508 e. The molecular formula is C29H42O2. The maximum Gasteiger partial charge on any atom is 0.119 e. The Morgan fingerprint density at radius 1 is 0.774 bits per heavy atom. The van der Waals surface area contributed by atoms with Crippen LogP contribution in [0.25, 0.3) is 0 Å². The third-order valence-electron chi connectivity index (χ3n) is 7.81. The highest BCUT2D eigenvalue weighted by Crippen LogP contribution is 2.55. The van der Waals surface area contributed by atoms with E-state index in [4.69, 9.17) is 0 Å². The molecule has 3 rings (SSSR count). The lowest BCUT2D eigenvalue weighted by Gasteiger charge is -2.50. The molecule has 170 valence electrons. The van der Waals surface area contributed by atoms with E-state index < -0.39 is 0 Å². The molecule has 2 N–H and O–H groups in total. The van der Waals surface area contributed by atoms with Crippen LogP contribution >= 0.6 is 0 Å². The summed E-state index contributed by atoms with van der Waals surface area (Å²) >= 11 is 0. The first-order valence-corrected chi connectivity index (χ1v) is 11.8. The second-order valence-corrected chi connectivity index (χ2v) is 12.7. The summed E-state index contributed by atoms with van der Waals surface area (Å²) < 4.78 is 0. The van der Waals surface area contributed by atoms with Crippen LogP contribution in [0.2, 0.25) is 0 Å². The summed E-state index contributed by atoms with van der Waals surface area (Å²) in [6.45, 7) is 20.1. The lowest BCUT2D eigenvalue weighted by molar-refractivity contribution is 0.102. The van der Waals surface area contributed by atoms with Crippen LogP contribution in [-0.2, 0) is 16.2 Å². The van der Waals surface area contributed by atoms with Crippen LogP contribution in [0.1, 0.15) is 104 Å². The first kappa shape index (κ1) is 23.7. The van der Waals surface area contributed by atoms with Crippen molar-refractivity contribution in [3.63, 3.8) is 0 Å². The molecule has 2 aromatic carbocycles. The standard InChI is InChI=1S/C29H42O2/c1-19-14-15-29(18-28(19,8)9,20-10-12-24(30)22(16-20)26(2,3)4)21-11-13-25(31)23(17-21)27(5,6)7/h10-13,16-17,19,30-31H,14-15,18H2,1-9H3. The fourth-order valence-corrected chi connectivity index (χ4v) is 5.42. The van der Waals surface area contributed by atoms with Gasteiger partial charge in [0.2, 0.25) is 0 Å². The van der Waals surface area contributed by atoms with Gasteiger partial charge in [-0.05, 0) is 75.8 Å². The summed E-state index contributed by atoms with van der Waals surface area (Å²) in [6.07, 6.45) is 3.27. The number of hydrogen-bond acceptors (Lipinski definition) is 2. The number of phenolic OH excluding ortho intramolecular Hbond substituents is 2. The van der Waals surface area contributed by atoms with Crippen molar-refractivity contribution < 1.29 is 10.2 Å². The summed E-state index contributed by atoms with van der Waals surface area (Å²) in [6, 6.07) is 12.5. The highest BCUT2D eigenvalue weighted by Gasteiger charge is 2.46. The molecule has 0 amide bonds. The zero-order chi connectivity index (χ0) is 23.4. The minimum absolute atomic E-state index is 0.135. The molecule has 0 saturated heterocycles. The Labute approximate surface area is 189 Å². The number of hydrogen-bond donors (Lipinski definition) is 2. The zero-order valence-electron chi connectivity index (χ0n) is 21.1. The number of phenols is 2. The molecule has 2 nitrogen and oxygen atoms in total. The van der Waals surface area contributed by atoms with Crippen molar-refractivity contribution in [3.05, 3.63) is 58.7 Å². The average molecular weight is 423 g/mol. The van der Waals surface area contributed by atoms with E-state index in [2.05, 4.69) is 86.6 Å². The molecule has 1 aliphatic rings. The molecule has 1 aliphatic carbocycles. The van der Waals surface area contributed by atoms with Gasteiger partial charge in [-0.1, -0.05) is 86.6 Å². The van der Waals surface area contributed by atoms with Crippen molar-refractivity contribution in [1.82, 2.24) is 0 Å². The fraction of sp³-hybridized carbons (Fsp3) is 0.586. The van der Waals surface area contributed by atoms with E-state index in [1.54, 1.807) is 0 Å². The van der Waals surface area contributed by atoms with Gasteiger partial charge in [-0.2, -0.15) is 0 Å². The monoisotopic (exact) mass is 422 g/mol. The maximum absolute atomic E-state index is 10.6. The summed E-state index contributed by atoms with van der Waals surface area (Å²) in [7, 11) is 0. The van der Waals surface area contributed by atoms with Crippen LogP contribution in [-0.4, -0.2) is 10.2 Å². The molecule has 0 bridgehead atoms. The first-order chi connectivity index (χ1) is 14.1. The lowest BCUT2D eigenvalue weighted by Crippen LogP contribution is -2.42. The van der Waals surface area contributed by atoms with E-state index in [1.807, 2.05) is 12.1 Å². The largest absolute Gasteiger partial charge is 0.508 e. The maximum atomic E-state index is 10.6. The molecule has 2 aromatic rings. The number of benzene rings is 2. The van der Waals surface area contributed by atoms with Gasteiger partial charge in [-0.15, -0.1) is 0 Å². The van der Waals surface area contributed by atoms with Crippen molar-refractivity contribution in [2.24, 2.45) is 11.3 Å². The van der Waals surface area contributed by atoms with Gasteiger partial charge >= 0.3 is 0 Å². The SMILES string of the molecule is CC1CCC(c2ccc(O)c(C(C)(C)C)c2)(c2ccc(O)c(C(C)(C)C)c2)CC1(C)C. The van der Waals surface area contributed by atoms with Crippen molar-refractivity contribution in [1.29, 1.82) is 0 Å². The Morgan fingerprint density at radius 2 is 1.19 bits per heavy atom. The van der Waals surface area contributed by atoms with Crippen molar-refractivity contribution in [2.75, 3.05) is 0 Å². The van der Waals surface area contributed by atoms with Gasteiger partial charge in [0, 0.05) is 5.41 Å². The Balaban J connectivity index is 2.29. The third-order valence-corrected chi connectivity index (χ3v) is 7.81. The fourth-order valence-electron chi connectivity index (χ4n) is 5.42. The average Bonchev–Trinajstić information content (AvgIpc) is 2.63. The summed E-state index contributed by atoms with van der Waals surface area (Å²) in [5.74, 6) is 1.39. The lowest BCUT2D eigenvalue weighted by atomic mass is 9.54. The van der Waals surface area contributed by atoms with E-state index in [1.165, 1.54) is 11.1 Å². The molecular weight excluding hydrogens is 380 g/mol. The molecule has 1 atom stereocenters. The molecule has 0 spiro atoms. The quantitative estimate of drug-likeness (QED) is 0.518. The Hall–Kier alpha value is -1.96. The van der Waals surface area contributed by atoms with E-state index in [-0.39, 0.29) is 21.7 Å². The van der Waals surface area contributed by atoms with Crippen molar-refractivity contribution >= 4 is 0 Å². The number of aromatic hydroxyl groups is 2. The van der Waals surface area contributed by atoms with Crippen LogP contribution in [0.5, 0.6) is 11.5 Å². The van der Waals surface area contributed by atoms with Crippen molar-refractivity contribution in [2.45, 2.75) is 97.8 Å². The van der Waals surface area contributed by atoms with Gasteiger partial charge in [-0.3, -0.25) is 0 Å². The molecule has 1 unspecified atom stereocenters. The molecule has 1 fully saturated rings. The number of rotatable bonds is 2. The summed E-state index contributed by atoms with van der Waals surface area (Å²) in [4.78, 5) is 0. The zero-order valence-corrected chi connectivity index (χ0v) is 21.1. The minimum atomic E-state index is -0.141. The van der Waals surface area contributed by atoms with Crippen LogP contribution in [0.4, 0.5) is 0 Å². The van der Waals surface area contributed by atoms with Crippen LogP contribution in [0.3, 0.4) is 0 Å². The molecule has 0 aliphatic heterocycles. The van der Waals surface area contributed by atoms with E-state index >= 15 is 0 Å². The van der Waals surface area contributed by atoms with Crippen molar-refractivity contribution in [3.8, 4) is 11.5 Å². The first-order valence-electron chi connectivity index (χ1n) is 11.8. The molecule has 2 heteroatoms. The predicted molar refractivity (Wildman–Crippen MR) is 131 cm³/mol. The van der Waals surface area contributed by atoms with Crippen LogP contribution in [0.15, 0.2) is 36.4 Å². The Kier molecular flexibility index (Phi) is 5.79.